The molecule has 1 aliphatic heterocycles. The lowest BCUT2D eigenvalue weighted by Crippen LogP contribution is -2.61. The van der Waals surface area contributed by atoms with E-state index >= 15 is 0 Å². The van der Waals surface area contributed by atoms with Crippen LogP contribution in [0.2, 0.25) is 0 Å². The fourth-order valence-electron chi connectivity index (χ4n) is 3.66. The largest absolute Gasteiger partial charge is 0.455 e. The third-order valence-corrected chi connectivity index (χ3v) is 5.82. The zero-order chi connectivity index (χ0) is 20.5. The molecule has 1 saturated carbocycles. The van der Waals surface area contributed by atoms with E-state index in [4.69, 9.17) is 9.47 Å². The highest BCUT2D eigenvalue weighted by atomic mass is 16.6. The summed E-state index contributed by atoms with van der Waals surface area (Å²) in [6.07, 6.45) is -0.450. The number of carbonyl (C=O) groups excluding carboxylic acids is 3. The zero-order valence-corrected chi connectivity index (χ0v) is 16.2. The van der Waals surface area contributed by atoms with Crippen molar-refractivity contribution in [3.63, 3.8) is 0 Å². The summed E-state index contributed by atoms with van der Waals surface area (Å²) in [6, 6.07) is 0. The van der Waals surface area contributed by atoms with Gasteiger partial charge in [-0.05, 0) is 25.8 Å². The highest BCUT2D eigenvalue weighted by molar-refractivity contribution is 5.98. The Bertz CT molecular complexity index is 667. The van der Waals surface area contributed by atoms with Gasteiger partial charge in [-0.2, -0.15) is 0 Å². The molecule has 2 rings (SSSR count). The molecule has 1 saturated heterocycles. The molecule has 0 radical (unpaired) electrons. The van der Waals surface area contributed by atoms with Crippen LogP contribution >= 0.6 is 0 Å². The van der Waals surface area contributed by atoms with Crippen molar-refractivity contribution in [3.8, 4) is 0 Å². The van der Waals surface area contributed by atoms with Crippen molar-refractivity contribution in [1.82, 2.24) is 0 Å². The molecule has 0 aromatic carbocycles. The molecule has 2 aliphatic rings. The van der Waals surface area contributed by atoms with Gasteiger partial charge in [-0.1, -0.05) is 33.4 Å². The van der Waals surface area contributed by atoms with Crippen LogP contribution in [-0.2, 0) is 23.9 Å². The minimum Gasteiger partial charge on any atom is -0.455 e. The van der Waals surface area contributed by atoms with Gasteiger partial charge < -0.3 is 19.7 Å². The van der Waals surface area contributed by atoms with Crippen LogP contribution in [0.5, 0.6) is 0 Å². The van der Waals surface area contributed by atoms with Gasteiger partial charge in [0.05, 0.1) is 12.0 Å². The fourth-order valence-corrected chi connectivity index (χ4v) is 3.66. The molecule has 150 valence electrons. The van der Waals surface area contributed by atoms with E-state index in [0.29, 0.717) is 6.42 Å². The van der Waals surface area contributed by atoms with Crippen LogP contribution in [0.1, 0.15) is 40.5 Å². The minimum atomic E-state index is -2.24. The van der Waals surface area contributed by atoms with Crippen molar-refractivity contribution in [1.29, 1.82) is 0 Å². The number of aliphatic hydroxyl groups is 2. The van der Waals surface area contributed by atoms with Gasteiger partial charge in [0.25, 0.3) is 0 Å². The van der Waals surface area contributed by atoms with Gasteiger partial charge >= 0.3 is 11.9 Å². The van der Waals surface area contributed by atoms with Gasteiger partial charge in [0, 0.05) is 17.4 Å². The van der Waals surface area contributed by atoms with Gasteiger partial charge in [0.15, 0.2) is 17.5 Å². The van der Waals surface area contributed by atoms with Crippen LogP contribution in [-0.4, -0.2) is 51.8 Å². The van der Waals surface area contributed by atoms with Crippen molar-refractivity contribution in [2.45, 2.75) is 64.4 Å². The van der Waals surface area contributed by atoms with Crippen molar-refractivity contribution in [3.05, 3.63) is 24.3 Å². The average Bonchev–Trinajstić information content (AvgIpc) is 2.87. The van der Waals surface area contributed by atoms with Crippen LogP contribution in [0.3, 0.4) is 0 Å². The third-order valence-electron chi connectivity index (χ3n) is 5.82. The smallest absolute Gasteiger partial charge is 0.334 e. The normalized spacial score (nSPS) is 37.5. The fraction of sp³-hybridized carbons (Fsp3) is 0.650. The van der Waals surface area contributed by atoms with E-state index in [2.05, 4.69) is 6.58 Å². The first-order valence-corrected chi connectivity index (χ1v) is 9.27. The Morgan fingerprint density at radius 3 is 2.67 bits per heavy atom. The van der Waals surface area contributed by atoms with Gasteiger partial charge in [0.1, 0.15) is 6.10 Å². The summed E-state index contributed by atoms with van der Waals surface area (Å²) in [4.78, 5) is 37.3. The molecule has 2 fully saturated rings. The summed E-state index contributed by atoms with van der Waals surface area (Å²) in [7, 11) is 0. The summed E-state index contributed by atoms with van der Waals surface area (Å²) < 4.78 is 10.9. The number of esters is 2. The van der Waals surface area contributed by atoms with E-state index in [9.17, 15) is 24.6 Å². The van der Waals surface area contributed by atoms with E-state index in [1.807, 2.05) is 6.92 Å². The predicted octanol–water partition coefficient (Wildman–Crippen LogP) is 1.32. The molecule has 7 nitrogen and oxygen atoms in total. The Labute approximate surface area is 159 Å². The van der Waals surface area contributed by atoms with Crippen molar-refractivity contribution in [2.75, 3.05) is 0 Å². The number of aliphatic hydroxyl groups excluding tert-OH is 1. The number of ketones is 1. The van der Waals surface area contributed by atoms with Crippen molar-refractivity contribution < 1.29 is 34.1 Å². The highest BCUT2D eigenvalue weighted by Crippen LogP contribution is 2.45. The maximum Gasteiger partial charge on any atom is 0.334 e. The average molecular weight is 380 g/mol. The van der Waals surface area contributed by atoms with E-state index in [-0.39, 0.29) is 12.0 Å². The Morgan fingerprint density at radius 1 is 1.48 bits per heavy atom. The molecular formula is C20H28O7. The lowest BCUT2D eigenvalue weighted by atomic mass is 9.77. The standard InChI is InChI=1S/C20H28O7/c1-6-8-15(22)20(25)12(5)14(21)9-13-11(4)19(24)26-16(13)17(20)27-18(23)10(3)7-2/h6,8,10,12-14,16-17,21,25H,4,7,9H2,1-3,5H3/t10?,12-,13-,14+,16+,17-,20+/m0/s1. The Balaban J connectivity index is 2.58. The summed E-state index contributed by atoms with van der Waals surface area (Å²) in [5, 5.41) is 22.0. The molecule has 1 heterocycles. The quantitative estimate of drug-likeness (QED) is 0.547. The molecule has 0 aromatic heterocycles. The maximum absolute atomic E-state index is 12.8. The van der Waals surface area contributed by atoms with Crippen LogP contribution in [0.4, 0.5) is 0 Å². The van der Waals surface area contributed by atoms with E-state index in [1.54, 1.807) is 13.8 Å². The number of hydrogen-bond donors (Lipinski definition) is 2. The molecule has 1 aliphatic carbocycles. The first kappa shape index (κ1) is 21.3. The van der Waals surface area contributed by atoms with Gasteiger partial charge in [-0.15, -0.1) is 0 Å². The van der Waals surface area contributed by atoms with Gasteiger partial charge in [-0.25, -0.2) is 4.79 Å². The zero-order valence-electron chi connectivity index (χ0n) is 16.2. The van der Waals surface area contributed by atoms with E-state index in [1.165, 1.54) is 19.1 Å². The monoisotopic (exact) mass is 380 g/mol. The van der Waals surface area contributed by atoms with Crippen LogP contribution < -0.4 is 0 Å². The lowest BCUT2D eigenvalue weighted by molar-refractivity contribution is -0.200. The van der Waals surface area contributed by atoms with Crippen molar-refractivity contribution >= 4 is 17.7 Å². The number of ether oxygens (including phenoxy) is 2. The molecule has 7 heteroatoms. The molecule has 0 aromatic rings. The summed E-state index contributed by atoms with van der Waals surface area (Å²) in [5.41, 5.74) is -2.10. The summed E-state index contributed by atoms with van der Waals surface area (Å²) >= 11 is 0. The topological polar surface area (TPSA) is 110 Å². The Morgan fingerprint density at radius 2 is 2.11 bits per heavy atom. The molecule has 7 atom stereocenters. The SMILES string of the molecule is C=C1C(=O)O[C@@H]2[C@H]1C[C@@H](O)[C@H](C)[C@@](O)(C(=O)C=CC)[C@H]2OC(=O)C(C)CC. The molecular weight excluding hydrogens is 352 g/mol. The molecule has 0 amide bonds. The third kappa shape index (κ3) is 3.58. The van der Waals surface area contributed by atoms with E-state index < -0.39 is 59.4 Å². The summed E-state index contributed by atoms with van der Waals surface area (Å²) in [6.45, 7) is 10.3. The van der Waals surface area contributed by atoms with E-state index in [0.717, 1.165) is 0 Å². The minimum absolute atomic E-state index is 0.0687. The number of carbonyl (C=O) groups is 3. The van der Waals surface area contributed by atoms with Crippen LogP contribution in [0, 0.1) is 17.8 Å². The van der Waals surface area contributed by atoms with Gasteiger partial charge in [-0.3, -0.25) is 9.59 Å². The highest BCUT2D eigenvalue weighted by Gasteiger charge is 2.62. The molecule has 1 unspecified atom stereocenters. The van der Waals surface area contributed by atoms with Gasteiger partial charge in [0.2, 0.25) is 0 Å². The first-order chi connectivity index (χ1) is 12.6. The number of fused-ring (bicyclic) bond motifs is 1. The molecule has 2 N–H and O–H groups in total. The Hall–Kier alpha value is -1.99. The Kier molecular flexibility index (Phi) is 6.27. The molecule has 0 bridgehead atoms. The van der Waals surface area contributed by atoms with Crippen LogP contribution in [0.15, 0.2) is 24.3 Å². The lowest BCUT2D eigenvalue weighted by Gasteiger charge is -2.39. The number of hydrogen-bond acceptors (Lipinski definition) is 7. The maximum atomic E-state index is 12.8. The second-order valence-electron chi connectivity index (χ2n) is 7.45. The number of rotatable bonds is 5. The number of allylic oxidation sites excluding steroid dienone is 1. The second kappa shape index (κ2) is 7.94. The molecule has 27 heavy (non-hydrogen) atoms. The predicted molar refractivity (Wildman–Crippen MR) is 96.4 cm³/mol. The molecule has 0 spiro atoms. The van der Waals surface area contributed by atoms with Crippen molar-refractivity contribution in [2.24, 2.45) is 17.8 Å². The summed E-state index contributed by atoms with van der Waals surface area (Å²) in [5.74, 6) is -4.08. The second-order valence-corrected chi connectivity index (χ2v) is 7.45. The van der Waals surface area contributed by atoms with Crippen LogP contribution in [0.25, 0.3) is 0 Å². The first-order valence-electron chi connectivity index (χ1n) is 9.27.